The summed E-state index contributed by atoms with van der Waals surface area (Å²) in [4.78, 5) is 7.67. The summed E-state index contributed by atoms with van der Waals surface area (Å²) in [7, 11) is -3.15. The highest BCUT2D eigenvalue weighted by Crippen LogP contribution is 2.26. The van der Waals surface area contributed by atoms with Gasteiger partial charge < -0.3 is 10.6 Å². The molecule has 0 bridgehead atoms. The van der Waals surface area contributed by atoms with Gasteiger partial charge in [-0.3, -0.25) is 4.90 Å². The Labute approximate surface area is 186 Å². The molecule has 1 saturated carbocycles. The first kappa shape index (κ1) is 23.4. The van der Waals surface area contributed by atoms with E-state index < -0.39 is 9.84 Å². The largest absolute Gasteiger partial charge is 0.357 e. The van der Waals surface area contributed by atoms with E-state index in [1.165, 1.54) is 38.5 Å². The Kier molecular flexibility index (Phi) is 9.01. The molecule has 1 atom stereocenters. The molecule has 1 aliphatic carbocycles. The van der Waals surface area contributed by atoms with Gasteiger partial charge in [0.15, 0.2) is 15.8 Å². The standard InChI is InChI=1S/C20H32N4O2S.HI/c1-3-21-20(22-14-16-8-10-19(11-9-16)27(2,25)26)23-17-12-13-24(15-17)18-6-4-5-7-18;/h8-11,17-18H,3-7,12-15H2,1-2H3,(H2,21,22,23);1H. The number of sulfone groups is 1. The van der Waals surface area contributed by atoms with Crippen molar-refractivity contribution >= 4 is 39.8 Å². The molecule has 28 heavy (non-hydrogen) atoms. The lowest BCUT2D eigenvalue weighted by Crippen LogP contribution is -2.45. The fourth-order valence-electron chi connectivity index (χ4n) is 4.03. The zero-order valence-electron chi connectivity index (χ0n) is 16.9. The normalized spacial score (nSPS) is 21.5. The van der Waals surface area contributed by atoms with Crippen molar-refractivity contribution in [1.82, 2.24) is 15.5 Å². The van der Waals surface area contributed by atoms with E-state index in [1.807, 2.05) is 12.1 Å². The van der Waals surface area contributed by atoms with Gasteiger partial charge in [0.1, 0.15) is 0 Å². The van der Waals surface area contributed by atoms with Crippen LogP contribution in [0.5, 0.6) is 0 Å². The van der Waals surface area contributed by atoms with Gasteiger partial charge >= 0.3 is 0 Å². The Hall–Kier alpha value is -0.870. The van der Waals surface area contributed by atoms with Crippen LogP contribution in [-0.2, 0) is 16.4 Å². The van der Waals surface area contributed by atoms with Gasteiger partial charge in [-0.2, -0.15) is 0 Å². The number of hydrogen-bond donors (Lipinski definition) is 2. The zero-order chi connectivity index (χ0) is 19.3. The molecule has 1 heterocycles. The van der Waals surface area contributed by atoms with E-state index >= 15 is 0 Å². The Bertz CT molecular complexity index is 746. The Balaban J connectivity index is 0.00000280. The summed E-state index contributed by atoms with van der Waals surface area (Å²) < 4.78 is 23.1. The quantitative estimate of drug-likeness (QED) is 0.343. The second-order valence-electron chi connectivity index (χ2n) is 7.67. The number of hydrogen-bond acceptors (Lipinski definition) is 4. The van der Waals surface area contributed by atoms with Crippen molar-refractivity contribution < 1.29 is 8.42 Å². The van der Waals surface area contributed by atoms with Gasteiger partial charge in [-0.1, -0.05) is 25.0 Å². The maximum Gasteiger partial charge on any atom is 0.191 e. The molecular formula is C20H33IN4O2S. The lowest BCUT2D eigenvalue weighted by atomic mass is 10.2. The van der Waals surface area contributed by atoms with Crippen molar-refractivity contribution in [2.45, 2.75) is 62.6 Å². The summed E-state index contributed by atoms with van der Waals surface area (Å²) in [6.45, 7) is 5.68. The van der Waals surface area contributed by atoms with Crippen LogP contribution < -0.4 is 10.6 Å². The molecular weight excluding hydrogens is 487 g/mol. The number of nitrogens with zero attached hydrogens (tertiary/aromatic N) is 2. The molecule has 3 rings (SSSR count). The van der Waals surface area contributed by atoms with Crippen LogP contribution in [0.3, 0.4) is 0 Å². The highest BCUT2D eigenvalue weighted by molar-refractivity contribution is 14.0. The lowest BCUT2D eigenvalue weighted by molar-refractivity contribution is 0.242. The second-order valence-corrected chi connectivity index (χ2v) is 9.69. The van der Waals surface area contributed by atoms with E-state index in [4.69, 9.17) is 0 Å². The molecule has 1 aromatic rings. The first-order valence-corrected chi connectivity index (χ1v) is 11.9. The van der Waals surface area contributed by atoms with Crippen molar-refractivity contribution in [3.05, 3.63) is 29.8 Å². The molecule has 1 aromatic carbocycles. The van der Waals surface area contributed by atoms with Crippen LogP contribution in [0.1, 0.15) is 44.6 Å². The van der Waals surface area contributed by atoms with E-state index in [9.17, 15) is 8.42 Å². The van der Waals surface area contributed by atoms with Crippen LogP contribution in [-0.4, -0.2) is 57.3 Å². The molecule has 2 aliphatic rings. The molecule has 0 aromatic heterocycles. The predicted octanol–water partition coefficient (Wildman–Crippen LogP) is 2.78. The Morgan fingerprint density at radius 3 is 2.46 bits per heavy atom. The van der Waals surface area contributed by atoms with Gasteiger partial charge in [-0.05, 0) is 43.9 Å². The van der Waals surface area contributed by atoms with Crippen molar-refractivity contribution in [2.75, 3.05) is 25.9 Å². The molecule has 1 unspecified atom stereocenters. The third-order valence-electron chi connectivity index (χ3n) is 5.52. The van der Waals surface area contributed by atoms with Gasteiger partial charge in [-0.15, -0.1) is 24.0 Å². The molecule has 158 valence electrons. The molecule has 0 radical (unpaired) electrons. The Morgan fingerprint density at radius 1 is 1.18 bits per heavy atom. The molecule has 0 spiro atoms. The van der Waals surface area contributed by atoms with Gasteiger partial charge in [0, 0.05) is 38.0 Å². The minimum absolute atomic E-state index is 0. The first-order chi connectivity index (χ1) is 13.0. The molecule has 1 aliphatic heterocycles. The topological polar surface area (TPSA) is 73.8 Å². The number of likely N-dealkylation sites (tertiary alicyclic amines) is 1. The first-order valence-electron chi connectivity index (χ1n) is 10.0. The summed E-state index contributed by atoms with van der Waals surface area (Å²) in [5.74, 6) is 0.836. The van der Waals surface area contributed by atoms with Crippen LogP contribution in [0.15, 0.2) is 34.2 Å². The fourth-order valence-corrected chi connectivity index (χ4v) is 4.66. The molecule has 2 N–H and O–H groups in total. The number of aliphatic imine (C=N–C) groups is 1. The summed E-state index contributed by atoms with van der Waals surface area (Å²) in [5, 5.41) is 6.90. The van der Waals surface area contributed by atoms with Crippen LogP contribution in [0.25, 0.3) is 0 Å². The summed E-state index contributed by atoms with van der Waals surface area (Å²) in [6.07, 6.45) is 7.84. The summed E-state index contributed by atoms with van der Waals surface area (Å²) >= 11 is 0. The second kappa shape index (κ2) is 10.8. The summed E-state index contributed by atoms with van der Waals surface area (Å²) in [6, 6.07) is 8.19. The average Bonchev–Trinajstić information content (AvgIpc) is 3.31. The number of rotatable bonds is 6. The van der Waals surface area contributed by atoms with E-state index in [-0.39, 0.29) is 24.0 Å². The minimum atomic E-state index is -3.15. The maximum absolute atomic E-state index is 11.6. The van der Waals surface area contributed by atoms with E-state index in [2.05, 4.69) is 27.4 Å². The van der Waals surface area contributed by atoms with Gasteiger partial charge in [0.05, 0.1) is 11.4 Å². The van der Waals surface area contributed by atoms with E-state index in [0.29, 0.717) is 17.5 Å². The fraction of sp³-hybridized carbons (Fsp3) is 0.650. The molecule has 6 nitrogen and oxygen atoms in total. The number of halogens is 1. The number of nitrogens with one attached hydrogen (secondary N) is 2. The SMILES string of the molecule is CCNC(=NCc1ccc(S(C)(=O)=O)cc1)NC1CCN(C2CCCC2)C1.I. The number of benzene rings is 1. The highest BCUT2D eigenvalue weighted by Gasteiger charge is 2.30. The van der Waals surface area contributed by atoms with Crippen LogP contribution in [0.4, 0.5) is 0 Å². The summed E-state index contributed by atoms with van der Waals surface area (Å²) in [5.41, 5.74) is 0.999. The van der Waals surface area contributed by atoms with Crippen LogP contribution in [0.2, 0.25) is 0 Å². The van der Waals surface area contributed by atoms with E-state index in [1.54, 1.807) is 12.1 Å². The van der Waals surface area contributed by atoms with Crippen molar-refractivity contribution in [3.8, 4) is 0 Å². The Morgan fingerprint density at radius 2 is 1.86 bits per heavy atom. The highest BCUT2D eigenvalue weighted by atomic mass is 127. The zero-order valence-corrected chi connectivity index (χ0v) is 20.0. The smallest absolute Gasteiger partial charge is 0.191 e. The number of guanidine groups is 1. The minimum Gasteiger partial charge on any atom is -0.357 e. The molecule has 1 saturated heterocycles. The van der Waals surface area contributed by atoms with Gasteiger partial charge in [0.25, 0.3) is 0 Å². The van der Waals surface area contributed by atoms with Crippen molar-refractivity contribution in [2.24, 2.45) is 4.99 Å². The lowest BCUT2D eigenvalue weighted by Gasteiger charge is -2.24. The van der Waals surface area contributed by atoms with Crippen molar-refractivity contribution in [1.29, 1.82) is 0 Å². The molecule has 0 amide bonds. The van der Waals surface area contributed by atoms with Crippen LogP contribution in [0, 0.1) is 0 Å². The van der Waals surface area contributed by atoms with Gasteiger partial charge in [-0.25, -0.2) is 13.4 Å². The van der Waals surface area contributed by atoms with E-state index in [0.717, 1.165) is 37.1 Å². The predicted molar refractivity (Wildman–Crippen MR) is 125 cm³/mol. The monoisotopic (exact) mass is 520 g/mol. The van der Waals surface area contributed by atoms with Crippen LogP contribution >= 0.6 is 24.0 Å². The van der Waals surface area contributed by atoms with Gasteiger partial charge in [0.2, 0.25) is 0 Å². The maximum atomic E-state index is 11.6. The molecule has 8 heteroatoms. The van der Waals surface area contributed by atoms with Crippen molar-refractivity contribution in [3.63, 3.8) is 0 Å². The third kappa shape index (κ3) is 6.59. The molecule has 2 fully saturated rings. The average molecular weight is 520 g/mol. The third-order valence-corrected chi connectivity index (χ3v) is 6.65.